The molecular weight excluding hydrogens is 312 g/mol. The van der Waals surface area contributed by atoms with Crippen molar-refractivity contribution in [1.82, 2.24) is 5.32 Å². The molecule has 0 saturated heterocycles. The zero-order chi connectivity index (χ0) is 16.0. The van der Waals surface area contributed by atoms with Gasteiger partial charge in [0.05, 0.1) is 10.6 Å². The van der Waals surface area contributed by atoms with Crippen LogP contribution in [-0.2, 0) is 0 Å². The zero-order valence-electron chi connectivity index (χ0n) is 13.1. The summed E-state index contributed by atoms with van der Waals surface area (Å²) in [6, 6.07) is 4.68. The molecule has 5 rings (SSSR count). The number of hydrogen-bond acceptors (Lipinski definition) is 3. The van der Waals surface area contributed by atoms with E-state index in [-0.39, 0.29) is 5.91 Å². The summed E-state index contributed by atoms with van der Waals surface area (Å²) in [5, 5.41) is 14.3. The number of carbonyl (C=O) groups is 1. The molecule has 4 aliphatic rings. The molecule has 0 unspecified atom stereocenters. The van der Waals surface area contributed by atoms with Crippen LogP contribution >= 0.6 is 11.6 Å². The number of anilines is 1. The second-order valence-electron chi connectivity index (χ2n) is 7.90. The van der Waals surface area contributed by atoms with Crippen molar-refractivity contribution in [3.63, 3.8) is 0 Å². The Hall–Kier alpha value is -1.26. The molecule has 4 bridgehead atoms. The fourth-order valence-electron chi connectivity index (χ4n) is 5.63. The Morgan fingerprint density at radius 1 is 1.17 bits per heavy atom. The average molecular weight is 334 g/mol. The summed E-state index contributed by atoms with van der Waals surface area (Å²) < 4.78 is 0. The van der Waals surface area contributed by atoms with Crippen molar-refractivity contribution < 1.29 is 4.79 Å². The predicted molar refractivity (Wildman–Crippen MR) is 91.4 cm³/mol. The quantitative estimate of drug-likeness (QED) is 0.812. The van der Waals surface area contributed by atoms with E-state index in [2.05, 4.69) is 5.32 Å². The van der Waals surface area contributed by atoms with E-state index in [4.69, 9.17) is 11.6 Å². The Kier molecular flexibility index (Phi) is 3.77. The Bertz CT molecular complexity index is 596. The van der Waals surface area contributed by atoms with Crippen molar-refractivity contribution in [3.8, 4) is 0 Å². The van der Waals surface area contributed by atoms with Crippen LogP contribution in [0.5, 0.6) is 0 Å². The molecule has 4 fully saturated rings. The van der Waals surface area contributed by atoms with Crippen LogP contribution in [0.1, 0.15) is 48.9 Å². The predicted octanol–water partition coefficient (Wildman–Crippen LogP) is 4.20. The van der Waals surface area contributed by atoms with Crippen LogP contribution < -0.4 is 10.8 Å². The van der Waals surface area contributed by atoms with E-state index in [1.165, 1.54) is 44.6 Å². The van der Waals surface area contributed by atoms with Gasteiger partial charge in [-0.25, -0.2) is 0 Å². The number of hydrogen-bond donors (Lipinski definition) is 2. The molecule has 5 heteroatoms. The second kappa shape index (κ2) is 5.67. The normalized spacial score (nSPS) is 34.4. The molecule has 1 aromatic rings. The van der Waals surface area contributed by atoms with Gasteiger partial charge < -0.3 is 16.0 Å². The Balaban J connectivity index is 1.46. The van der Waals surface area contributed by atoms with Gasteiger partial charge >= 0.3 is 0 Å². The third-order valence-corrected chi connectivity index (χ3v) is 6.45. The highest BCUT2D eigenvalue weighted by Crippen LogP contribution is 2.59. The van der Waals surface area contributed by atoms with E-state index < -0.39 is 0 Å². The molecule has 0 spiro atoms. The van der Waals surface area contributed by atoms with Crippen LogP contribution in [0.15, 0.2) is 18.2 Å². The lowest BCUT2D eigenvalue weighted by molar-refractivity contribution is -0.0503. The molecule has 1 amide bonds. The fourth-order valence-corrected chi connectivity index (χ4v) is 5.84. The van der Waals surface area contributed by atoms with Crippen molar-refractivity contribution in [2.45, 2.75) is 38.5 Å². The van der Waals surface area contributed by atoms with Crippen molar-refractivity contribution in [1.29, 1.82) is 0 Å². The van der Waals surface area contributed by atoms with E-state index in [0.717, 1.165) is 24.3 Å². The van der Waals surface area contributed by atoms with E-state index in [1.54, 1.807) is 12.1 Å². The van der Waals surface area contributed by atoms with Crippen molar-refractivity contribution in [2.75, 3.05) is 12.0 Å². The summed E-state index contributed by atoms with van der Waals surface area (Å²) in [6.45, 7) is 0.737. The van der Waals surface area contributed by atoms with E-state index in [1.807, 2.05) is 5.48 Å². The first-order chi connectivity index (χ1) is 11.1. The van der Waals surface area contributed by atoms with Gasteiger partial charge in [0.2, 0.25) is 0 Å². The lowest BCUT2D eigenvalue weighted by Crippen LogP contribution is -2.51. The van der Waals surface area contributed by atoms with Crippen LogP contribution in [0.4, 0.5) is 5.69 Å². The minimum absolute atomic E-state index is 0.178. The number of carbonyl (C=O) groups excluding carboxylic acids is 1. The Morgan fingerprint density at radius 2 is 1.78 bits per heavy atom. The summed E-state index contributed by atoms with van der Waals surface area (Å²) in [5.41, 5.74) is 2.84. The van der Waals surface area contributed by atoms with Crippen LogP contribution in [-0.4, -0.2) is 12.5 Å². The van der Waals surface area contributed by atoms with Crippen molar-refractivity contribution in [2.24, 2.45) is 23.2 Å². The van der Waals surface area contributed by atoms with Crippen LogP contribution in [0, 0.1) is 28.4 Å². The topological polar surface area (TPSA) is 64.2 Å². The van der Waals surface area contributed by atoms with Gasteiger partial charge in [0.15, 0.2) is 0 Å². The van der Waals surface area contributed by atoms with Gasteiger partial charge in [-0.05, 0) is 79.9 Å². The number of rotatable bonds is 4. The number of nitrogens with one attached hydrogen (secondary N) is 2. The lowest BCUT2D eigenvalue weighted by atomic mass is 9.49. The Morgan fingerprint density at radius 3 is 2.35 bits per heavy atom. The standard InChI is InChI=1S/C18H22ClN2O2/c19-16-2-1-14(21-23)6-15(16)17(22)20-10-18-7-11-3-12(8-18)5-13(4-11)9-18/h1-2,6,11-13,21H,3-5,7-10H2,(H,20,22)/q-1. The molecule has 4 saturated carbocycles. The molecule has 0 atom stereocenters. The molecule has 0 heterocycles. The van der Waals surface area contributed by atoms with Gasteiger partial charge in [-0.1, -0.05) is 11.6 Å². The smallest absolute Gasteiger partial charge is 0.252 e. The van der Waals surface area contributed by atoms with Gasteiger partial charge in [0.1, 0.15) is 0 Å². The van der Waals surface area contributed by atoms with Gasteiger partial charge in [-0.3, -0.25) is 4.79 Å². The highest BCUT2D eigenvalue weighted by molar-refractivity contribution is 6.34. The molecule has 1 aromatic carbocycles. The minimum atomic E-state index is -0.178. The molecule has 0 aromatic heterocycles. The van der Waals surface area contributed by atoms with Gasteiger partial charge in [0.25, 0.3) is 5.91 Å². The lowest BCUT2D eigenvalue weighted by Gasteiger charge is -2.56. The Labute approximate surface area is 141 Å². The number of benzene rings is 1. The van der Waals surface area contributed by atoms with Crippen LogP contribution in [0.2, 0.25) is 5.02 Å². The van der Waals surface area contributed by atoms with Crippen LogP contribution in [0.25, 0.3) is 0 Å². The first-order valence-electron chi connectivity index (χ1n) is 8.53. The minimum Gasteiger partial charge on any atom is -0.761 e. The first-order valence-corrected chi connectivity index (χ1v) is 8.91. The van der Waals surface area contributed by atoms with E-state index in [9.17, 15) is 10.0 Å². The first kappa shape index (κ1) is 15.3. The number of amides is 1. The molecule has 4 nitrogen and oxygen atoms in total. The summed E-state index contributed by atoms with van der Waals surface area (Å²) >= 11 is 6.11. The van der Waals surface area contributed by atoms with E-state index in [0.29, 0.717) is 21.7 Å². The maximum Gasteiger partial charge on any atom is 0.252 e. The second-order valence-corrected chi connectivity index (χ2v) is 8.30. The fraction of sp³-hybridized carbons (Fsp3) is 0.611. The van der Waals surface area contributed by atoms with E-state index >= 15 is 0 Å². The molecule has 0 aliphatic heterocycles. The van der Waals surface area contributed by atoms with Gasteiger partial charge in [-0.15, -0.1) is 0 Å². The number of halogens is 1. The third-order valence-electron chi connectivity index (χ3n) is 6.12. The average Bonchev–Trinajstić information content (AvgIpc) is 2.52. The molecule has 2 N–H and O–H groups in total. The highest BCUT2D eigenvalue weighted by Gasteiger charge is 2.50. The summed E-state index contributed by atoms with van der Waals surface area (Å²) in [5.74, 6) is 2.43. The van der Waals surface area contributed by atoms with Crippen molar-refractivity contribution in [3.05, 3.63) is 34.0 Å². The molecular formula is C18H22ClN2O2-. The summed E-state index contributed by atoms with van der Waals surface area (Å²) in [4.78, 5) is 12.5. The monoisotopic (exact) mass is 333 g/mol. The molecule has 4 aliphatic carbocycles. The molecule has 0 radical (unpaired) electrons. The van der Waals surface area contributed by atoms with Gasteiger partial charge in [0, 0.05) is 12.2 Å². The van der Waals surface area contributed by atoms with Crippen LogP contribution in [0.3, 0.4) is 0 Å². The molecule has 23 heavy (non-hydrogen) atoms. The van der Waals surface area contributed by atoms with Gasteiger partial charge in [-0.2, -0.15) is 0 Å². The zero-order valence-corrected chi connectivity index (χ0v) is 13.9. The third kappa shape index (κ3) is 2.83. The maximum atomic E-state index is 12.5. The van der Waals surface area contributed by atoms with Crippen molar-refractivity contribution >= 4 is 23.2 Å². The highest BCUT2D eigenvalue weighted by atomic mass is 35.5. The summed E-state index contributed by atoms with van der Waals surface area (Å²) in [6.07, 6.45) is 7.97. The summed E-state index contributed by atoms with van der Waals surface area (Å²) in [7, 11) is 0. The maximum absolute atomic E-state index is 12.5. The largest absolute Gasteiger partial charge is 0.761 e. The molecule has 124 valence electrons. The SMILES string of the molecule is O=C(NCC12CC3CC(CC(C3)C1)C2)c1cc(N[O-])ccc1Cl.